The van der Waals surface area contributed by atoms with Gasteiger partial charge in [-0.15, -0.1) is 0 Å². The summed E-state index contributed by atoms with van der Waals surface area (Å²) in [5.74, 6) is 0.689. The van der Waals surface area contributed by atoms with Gasteiger partial charge in [0.2, 0.25) is 0 Å². The minimum atomic E-state index is 0.101. The van der Waals surface area contributed by atoms with E-state index in [0.717, 1.165) is 51.9 Å². The van der Waals surface area contributed by atoms with Gasteiger partial charge in [0.25, 0.3) is 5.91 Å². The molecule has 0 aromatic rings. The van der Waals surface area contributed by atoms with E-state index in [2.05, 4.69) is 10.3 Å². The van der Waals surface area contributed by atoms with Gasteiger partial charge in [-0.2, -0.15) is 0 Å². The standard InChI is InChI=1S/C10H17N3O/c14-10(13-7-3-4-8-13)9-11-5-1-2-6-12-9/h1-8H2,(H,11,12). The first kappa shape index (κ1) is 9.49. The molecule has 0 aromatic heterocycles. The summed E-state index contributed by atoms with van der Waals surface area (Å²) in [4.78, 5) is 18.1. The molecule has 4 heteroatoms. The van der Waals surface area contributed by atoms with Gasteiger partial charge in [-0.25, -0.2) is 0 Å². The summed E-state index contributed by atoms with van der Waals surface area (Å²) < 4.78 is 0. The number of nitrogens with zero attached hydrogens (tertiary/aromatic N) is 2. The highest BCUT2D eigenvalue weighted by Gasteiger charge is 2.22. The summed E-state index contributed by atoms with van der Waals surface area (Å²) in [5.41, 5.74) is 0. The summed E-state index contributed by atoms with van der Waals surface area (Å²) >= 11 is 0. The molecule has 2 aliphatic heterocycles. The van der Waals surface area contributed by atoms with Crippen LogP contribution < -0.4 is 5.32 Å². The van der Waals surface area contributed by atoms with Crippen LogP contribution in [0.2, 0.25) is 0 Å². The van der Waals surface area contributed by atoms with Gasteiger partial charge >= 0.3 is 0 Å². The Kier molecular flexibility index (Phi) is 3.01. The molecule has 1 amide bonds. The molecule has 0 unspecified atom stereocenters. The molecule has 0 aliphatic carbocycles. The quantitative estimate of drug-likeness (QED) is 0.658. The van der Waals surface area contributed by atoms with Gasteiger partial charge in [-0.05, 0) is 25.7 Å². The van der Waals surface area contributed by atoms with Gasteiger partial charge in [0.15, 0.2) is 5.84 Å². The van der Waals surface area contributed by atoms with E-state index in [1.807, 2.05) is 4.90 Å². The van der Waals surface area contributed by atoms with E-state index in [-0.39, 0.29) is 5.91 Å². The number of nitrogens with one attached hydrogen (secondary N) is 1. The van der Waals surface area contributed by atoms with Crippen LogP contribution in [0, 0.1) is 0 Å². The second-order valence-electron chi connectivity index (χ2n) is 3.86. The zero-order valence-electron chi connectivity index (χ0n) is 8.46. The van der Waals surface area contributed by atoms with Crippen molar-refractivity contribution in [1.82, 2.24) is 10.2 Å². The van der Waals surface area contributed by atoms with E-state index in [1.54, 1.807) is 0 Å². The lowest BCUT2D eigenvalue weighted by Crippen LogP contribution is -2.41. The van der Waals surface area contributed by atoms with Crippen molar-refractivity contribution in [1.29, 1.82) is 0 Å². The third kappa shape index (κ3) is 2.05. The normalized spacial score (nSPS) is 22.6. The van der Waals surface area contributed by atoms with Crippen molar-refractivity contribution >= 4 is 11.7 Å². The van der Waals surface area contributed by atoms with Crippen molar-refractivity contribution < 1.29 is 4.79 Å². The number of likely N-dealkylation sites (tertiary alicyclic amines) is 1. The number of hydrogen-bond donors (Lipinski definition) is 1. The summed E-state index contributed by atoms with van der Waals surface area (Å²) in [5, 5.41) is 3.12. The zero-order chi connectivity index (χ0) is 9.80. The lowest BCUT2D eigenvalue weighted by Gasteiger charge is -2.16. The molecule has 4 nitrogen and oxygen atoms in total. The second-order valence-corrected chi connectivity index (χ2v) is 3.86. The van der Waals surface area contributed by atoms with Crippen molar-refractivity contribution in [3.63, 3.8) is 0 Å². The van der Waals surface area contributed by atoms with Crippen LogP contribution in [0.4, 0.5) is 0 Å². The molecule has 14 heavy (non-hydrogen) atoms. The Labute approximate surface area is 84.4 Å². The second kappa shape index (κ2) is 4.44. The monoisotopic (exact) mass is 195 g/mol. The first-order valence-corrected chi connectivity index (χ1v) is 5.45. The third-order valence-electron chi connectivity index (χ3n) is 2.74. The van der Waals surface area contributed by atoms with E-state index in [0.29, 0.717) is 5.84 Å². The minimum absolute atomic E-state index is 0.101. The Morgan fingerprint density at radius 1 is 1.21 bits per heavy atom. The topological polar surface area (TPSA) is 44.7 Å². The highest BCUT2D eigenvalue weighted by Crippen LogP contribution is 2.08. The lowest BCUT2D eigenvalue weighted by atomic mass is 10.3. The Morgan fingerprint density at radius 2 is 2.00 bits per heavy atom. The molecule has 0 spiro atoms. The number of hydrogen-bond acceptors (Lipinski definition) is 3. The van der Waals surface area contributed by atoms with E-state index in [9.17, 15) is 4.79 Å². The van der Waals surface area contributed by atoms with Crippen LogP contribution in [0.15, 0.2) is 4.99 Å². The lowest BCUT2D eigenvalue weighted by molar-refractivity contribution is -0.123. The summed E-state index contributed by atoms with van der Waals surface area (Å²) in [6, 6.07) is 0. The minimum Gasteiger partial charge on any atom is -0.366 e. The molecule has 1 saturated heterocycles. The van der Waals surface area contributed by atoms with Crippen LogP contribution in [0.3, 0.4) is 0 Å². The predicted molar refractivity (Wildman–Crippen MR) is 55.4 cm³/mol. The number of amides is 1. The van der Waals surface area contributed by atoms with Crippen molar-refractivity contribution in [2.24, 2.45) is 4.99 Å². The van der Waals surface area contributed by atoms with Crippen molar-refractivity contribution in [2.45, 2.75) is 25.7 Å². The highest BCUT2D eigenvalue weighted by molar-refractivity contribution is 6.37. The largest absolute Gasteiger partial charge is 0.366 e. The molecule has 2 heterocycles. The fourth-order valence-corrected chi connectivity index (χ4v) is 1.90. The van der Waals surface area contributed by atoms with Gasteiger partial charge in [0.1, 0.15) is 0 Å². The molecular weight excluding hydrogens is 178 g/mol. The Bertz CT molecular complexity index is 244. The number of carbonyl (C=O) groups excluding carboxylic acids is 1. The van der Waals surface area contributed by atoms with Crippen LogP contribution >= 0.6 is 0 Å². The van der Waals surface area contributed by atoms with E-state index < -0.39 is 0 Å². The van der Waals surface area contributed by atoms with Crippen LogP contribution in [0.5, 0.6) is 0 Å². The average molecular weight is 195 g/mol. The van der Waals surface area contributed by atoms with Gasteiger partial charge in [-0.1, -0.05) is 0 Å². The van der Waals surface area contributed by atoms with Gasteiger partial charge in [0.05, 0.1) is 0 Å². The van der Waals surface area contributed by atoms with E-state index in [1.165, 1.54) is 0 Å². The SMILES string of the molecule is O=C(C1=NCCCCN1)N1CCCC1. The third-order valence-corrected chi connectivity index (χ3v) is 2.74. The maximum atomic E-state index is 11.9. The Morgan fingerprint density at radius 3 is 2.79 bits per heavy atom. The van der Waals surface area contributed by atoms with Crippen molar-refractivity contribution in [2.75, 3.05) is 26.2 Å². The maximum absolute atomic E-state index is 11.9. The van der Waals surface area contributed by atoms with E-state index >= 15 is 0 Å². The average Bonchev–Trinajstić information content (AvgIpc) is 2.59. The number of aliphatic imine (C=N–C) groups is 1. The number of carbonyl (C=O) groups is 1. The first-order chi connectivity index (χ1) is 6.88. The van der Waals surface area contributed by atoms with Gasteiger partial charge < -0.3 is 10.2 Å². The molecule has 0 saturated carbocycles. The summed E-state index contributed by atoms with van der Waals surface area (Å²) in [6.07, 6.45) is 4.47. The molecule has 0 bridgehead atoms. The molecule has 1 N–H and O–H groups in total. The zero-order valence-corrected chi connectivity index (χ0v) is 8.46. The molecule has 2 rings (SSSR count). The molecular formula is C10H17N3O. The maximum Gasteiger partial charge on any atom is 0.288 e. The Balaban J connectivity index is 1.97. The molecule has 1 fully saturated rings. The summed E-state index contributed by atoms with van der Waals surface area (Å²) in [7, 11) is 0. The Hall–Kier alpha value is -1.06. The van der Waals surface area contributed by atoms with E-state index in [4.69, 9.17) is 0 Å². The fraction of sp³-hybridized carbons (Fsp3) is 0.800. The molecule has 0 aromatic carbocycles. The summed E-state index contributed by atoms with van der Waals surface area (Å²) in [6.45, 7) is 3.49. The van der Waals surface area contributed by atoms with Crippen LogP contribution in [0.1, 0.15) is 25.7 Å². The highest BCUT2D eigenvalue weighted by atomic mass is 16.2. The molecule has 2 aliphatic rings. The van der Waals surface area contributed by atoms with Gasteiger partial charge in [-0.3, -0.25) is 9.79 Å². The predicted octanol–water partition coefficient (Wildman–Crippen LogP) is 0.391. The smallest absolute Gasteiger partial charge is 0.288 e. The fourth-order valence-electron chi connectivity index (χ4n) is 1.90. The van der Waals surface area contributed by atoms with Crippen LogP contribution in [0.25, 0.3) is 0 Å². The number of rotatable bonds is 1. The molecule has 0 radical (unpaired) electrons. The van der Waals surface area contributed by atoms with Gasteiger partial charge in [0, 0.05) is 26.2 Å². The van der Waals surface area contributed by atoms with Crippen molar-refractivity contribution in [3.8, 4) is 0 Å². The van der Waals surface area contributed by atoms with Crippen LogP contribution in [-0.2, 0) is 4.79 Å². The molecule has 0 atom stereocenters. The van der Waals surface area contributed by atoms with Crippen LogP contribution in [-0.4, -0.2) is 42.8 Å². The first-order valence-electron chi connectivity index (χ1n) is 5.45. The number of amidine groups is 1. The van der Waals surface area contributed by atoms with Crippen molar-refractivity contribution in [3.05, 3.63) is 0 Å². The molecule has 78 valence electrons.